The molecule has 1 aromatic heterocycles. The van der Waals surface area contributed by atoms with Crippen molar-refractivity contribution in [1.29, 1.82) is 0 Å². The third kappa shape index (κ3) is 3.32. The topological polar surface area (TPSA) is 8.17 Å². The van der Waals surface area contributed by atoms with Gasteiger partial charge in [-0.05, 0) is 54.6 Å². The number of allylic oxidation sites excluding steroid dienone is 3. The average molecular weight is 413 g/mol. The summed E-state index contributed by atoms with van der Waals surface area (Å²) in [4.78, 5) is 2.20. The third-order valence-corrected chi connectivity index (χ3v) is 5.70. The van der Waals surface area contributed by atoms with Crippen molar-refractivity contribution in [3.8, 4) is 5.69 Å². The molecule has 0 atom stereocenters. The van der Waals surface area contributed by atoms with E-state index in [1.165, 1.54) is 21.8 Å². The lowest BCUT2D eigenvalue weighted by Gasteiger charge is -2.26. The minimum absolute atomic E-state index is 0.963. The zero-order chi connectivity index (χ0) is 21.9. The first-order chi connectivity index (χ1) is 15.8. The predicted molar refractivity (Wildman–Crippen MR) is 138 cm³/mol. The number of hydrogen-bond acceptors (Lipinski definition) is 1. The van der Waals surface area contributed by atoms with E-state index in [1.807, 2.05) is 30.4 Å². The summed E-state index contributed by atoms with van der Waals surface area (Å²) in [5.74, 6) is 0. The van der Waals surface area contributed by atoms with Crippen LogP contribution in [-0.2, 0) is 0 Å². The summed E-state index contributed by atoms with van der Waals surface area (Å²) < 4.78 is 2.34. The van der Waals surface area contributed by atoms with Crippen LogP contribution < -0.4 is 4.90 Å². The van der Waals surface area contributed by atoms with Gasteiger partial charge in [-0.25, -0.2) is 0 Å². The van der Waals surface area contributed by atoms with Gasteiger partial charge < -0.3 is 9.47 Å². The molecule has 5 aromatic rings. The Morgan fingerprint density at radius 3 is 1.88 bits per heavy atom. The molecule has 0 aliphatic carbocycles. The molecule has 0 radical (unpaired) electrons. The first-order valence-corrected chi connectivity index (χ1v) is 10.7. The molecular weight excluding hydrogens is 388 g/mol. The summed E-state index contributed by atoms with van der Waals surface area (Å²) in [6.45, 7) is 7.93. The van der Waals surface area contributed by atoms with Crippen molar-refractivity contribution in [1.82, 2.24) is 4.57 Å². The molecule has 1 heterocycles. The highest BCUT2D eigenvalue weighted by Gasteiger charge is 2.15. The lowest BCUT2D eigenvalue weighted by Crippen LogP contribution is -2.15. The first-order valence-electron chi connectivity index (χ1n) is 10.7. The van der Waals surface area contributed by atoms with E-state index in [1.54, 1.807) is 6.08 Å². The van der Waals surface area contributed by atoms with Crippen molar-refractivity contribution in [2.75, 3.05) is 4.90 Å². The van der Waals surface area contributed by atoms with Crippen LogP contribution in [0.2, 0.25) is 0 Å². The Kier molecular flexibility index (Phi) is 5.19. The summed E-state index contributed by atoms with van der Waals surface area (Å²) in [7, 11) is 0. The second-order valence-electron chi connectivity index (χ2n) is 7.59. The van der Waals surface area contributed by atoms with Gasteiger partial charge in [0.25, 0.3) is 0 Å². The minimum atomic E-state index is 0.963. The van der Waals surface area contributed by atoms with Crippen LogP contribution in [0.25, 0.3) is 27.5 Å². The molecule has 2 heteroatoms. The molecular formula is C30H24N2. The fourth-order valence-electron chi connectivity index (χ4n) is 4.35. The first kappa shape index (κ1) is 19.7. The van der Waals surface area contributed by atoms with Crippen molar-refractivity contribution < 1.29 is 0 Å². The number of rotatable bonds is 6. The van der Waals surface area contributed by atoms with Crippen LogP contribution in [0.1, 0.15) is 0 Å². The molecule has 0 fully saturated rings. The summed E-state index contributed by atoms with van der Waals surface area (Å²) in [6.07, 6.45) is 5.64. The van der Waals surface area contributed by atoms with E-state index >= 15 is 0 Å². The van der Waals surface area contributed by atoms with E-state index in [-0.39, 0.29) is 0 Å². The van der Waals surface area contributed by atoms with Crippen LogP contribution in [0, 0.1) is 0 Å². The Morgan fingerprint density at radius 2 is 1.25 bits per heavy atom. The maximum Gasteiger partial charge on any atom is 0.0541 e. The lowest BCUT2D eigenvalue weighted by molar-refractivity contribution is 1.16. The molecule has 0 bridgehead atoms. The maximum atomic E-state index is 4.04. The number of para-hydroxylation sites is 3. The van der Waals surface area contributed by atoms with Gasteiger partial charge in [0.1, 0.15) is 0 Å². The second-order valence-corrected chi connectivity index (χ2v) is 7.59. The van der Waals surface area contributed by atoms with Crippen LogP contribution in [-0.4, -0.2) is 4.57 Å². The number of nitrogens with zero attached hydrogens (tertiary/aromatic N) is 2. The molecule has 0 saturated heterocycles. The van der Waals surface area contributed by atoms with Gasteiger partial charge in [0.15, 0.2) is 0 Å². The smallest absolute Gasteiger partial charge is 0.0541 e. The Morgan fingerprint density at radius 1 is 0.656 bits per heavy atom. The van der Waals surface area contributed by atoms with Crippen LogP contribution in [0.4, 0.5) is 11.4 Å². The highest BCUT2D eigenvalue weighted by molar-refractivity contribution is 6.09. The van der Waals surface area contributed by atoms with E-state index in [2.05, 4.69) is 108 Å². The molecule has 0 N–H and O–H groups in total. The summed E-state index contributed by atoms with van der Waals surface area (Å²) in [6, 6.07) is 36.1. The summed E-state index contributed by atoms with van der Waals surface area (Å²) in [5, 5.41) is 2.51. The molecule has 4 aromatic carbocycles. The van der Waals surface area contributed by atoms with E-state index < -0.39 is 0 Å². The normalized spacial score (nSPS) is 11.6. The van der Waals surface area contributed by atoms with Gasteiger partial charge in [-0.2, -0.15) is 0 Å². The maximum absolute atomic E-state index is 4.04. The third-order valence-electron chi connectivity index (χ3n) is 5.70. The quantitative estimate of drug-likeness (QED) is 0.255. The minimum Gasteiger partial charge on any atom is -0.310 e. The van der Waals surface area contributed by atoms with Crippen LogP contribution >= 0.6 is 0 Å². The monoisotopic (exact) mass is 412 g/mol. The molecule has 0 saturated carbocycles. The van der Waals surface area contributed by atoms with E-state index in [9.17, 15) is 0 Å². The van der Waals surface area contributed by atoms with E-state index in [0.29, 0.717) is 0 Å². The molecule has 0 amide bonds. The zero-order valence-corrected chi connectivity index (χ0v) is 17.9. The molecule has 5 rings (SSSR count). The SMILES string of the molecule is C=C/C=C(\C=C)N(c1ccccc1)c1cccc(-n2c3ccccc3c3ccccc32)c1. The van der Waals surface area contributed by atoms with Gasteiger partial charge in [0.05, 0.1) is 11.0 Å². The van der Waals surface area contributed by atoms with Gasteiger partial charge in [-0.1, -0.05) is 79.9 Å². The van der Waals surface area contributed by atoms with Gasteiger partial charge in [0.2, 0.25) is 0 Å². The summed E-state index contributed by atoms with van der Waals surface area (Å²) in [5.41, 5.74) is 6.60. The zero-order valence-electron chi connectivity index (χ0n) is 17.9. The predicted octanol–water partition coefficient (Wildman–Crippen LogP) is 8.18. The Labute approximate surface area is 188 Å². The van der Waals surface area contributed by atoms with Crippen LogP contribution in [0.5, 0.6) is 0 Å². The van der Waals surface area contributed by atoms with E-state index in [0.717, 1.165) is 22.8 Å². The molecule has 0 aliphatic rings. The molecule has 2 nitrogen and oxygen atoms in total. The standard InChI is InChI=1S/C30H24N2/c1-3-13-23(4-2)31(24-14-6-5-7-15-24)25-16-12-17-26(22-25)32-29-20-10-8-18-27(29)28-19-9-11-21-30(28)32/h3-22H,1-2H2/b23-13+. The Balaban J connectivity index is 1.75. The highest BCUT2D eigenvalue weighted by Crippen LogP contribution is 2.35. The van der Waals surface area contributed by atoms with Crippen molar-refractivity contribution in [2.24, 2.45) is 0 Å². The number of benzene rings is 4. The van der Waals surface area contributed by atoms with Crippen molar-refractivity contribution >= 4 is 33.2 Å². The number of hydrogen-bond donors (Lipinski definition) is 0. The van der Waals surface area contributed by atoms with Gasteiger partial charge >= 0.3 is 0 Å². The summed E-state index contributed by atoms with van der Waals surface area (Å²) >= 11 is 0. The second kappa shape index (κ2) is 8.44. The van der Waals surface area contributed by atoms with Crippen molar-refractivity contribution in [3.05, 3.63) is 140 Å². The molecule has 32 heavy (non-hydrogen) atoms. The van der Waals surface area contributed by atoms with Gasteiger partial charge in [0, 0.05) is 33.5 Å². The Bertz CT molecular complexity index is 1400. The fraction of sp³-hybridized carbons (Fsp3) is 0. The largest absolute Gasteiger partial charge is 0.310 e. The number of anilines is 2. The number of aromatic nitrogens is 1. The molecule has 0 aliphatic heterocycles. The van der Waals surface area contributed by atoms with Crippen LogP contribution in [0.15, 0.2) is 140 Å². The van der Waals surface area contributed by atoms with E-state index in [4.69, 9.17) is 0 Å². The van der Waals surface area contributed by atoms with Crippen LogP contribution in [0.3, 0.4) is 0 Å². The number of fused-ring (bicyclic) bond motifs is 3. The molecule has 0 spiro atoms. The highest BCUT2D eigenvalue weighted by atomic mass is 15.1. The van der Waals surface area contributed by atoms with Gasteiger partial charge in [-0.3, -0.25) is 0 Å². The Hall–Kier alpha value is -4.30. The molecule has 154 valence electrons. The lowest BCUT2D eigenvalue weighted by atomic mass is 10.1. The fourth-order valence-corrected chi connectivity index (χ4v) is 4.35. The van der Waals surface area contributed by atoms with Crippen molar-refractivity contribution in [3.63, 3.8) is 0 Å². The average Bonchev–Trinajstić information content (AvgIpc) is 3.19. The van der Waals surface area contributed by atoms with Gasteiger partial charge in [-0.15, -0.1) is 0 Å². The molecule has 0 unspecified atom stereocenters. The van der Waals surface area contributed by atoms with Crippen molar-refractivity contribution in [2.45, 2.75) is 0 Å².